The van der Waals surface area contributed by atoms with E-state index in [0.29, 0.717) is 5.92 Å². The molecule has 3 atom stereocenters. The second-order valence-electron chi connectivity index (χ2n) is 7.77. The Hall–Kier alpha value is -1.13. The third-order valence-electron chi connectivity index (χ3n) is 5.13. The molecular weight excluding hydrogens is 316 g/mol. The first-order chi connectivity index (χ1) is 11.3. The Kier molecular flexibility index (Phi) is 6.64. The highest BCUT2D eigenvalue weighted by Crippen LogP contribution is 2.36. The second kappa shape index (κ2) is 8.30. The van der Waals surface area contributed by atoms with E-state index in [1.807, 2.05) is 26.8 Å². The van der Waals surface area contributed by atoms with Crippen LogP contribution >= 0.6 is 0 Å². The molecule has 24 heavy (non-hydrogen) atoms. The van der Waals surface area contributed by atoms with Gasteiger partial charge in [-0.05, 0) is 51.8 Å². The van der Waals surface area contributed by atoms with Gasteiger partial charge in [0.1, 0.15) is 6.10 Å². The Morgan fingerprint density at radius 3 is 2.33 bits per heavy atom. The summed E-state index contributed by atoms with van der Waals surface area (Å²) in [6.45, 7) is 10.2. The minimum absolute atomic E-state index is 0.0000463. The molecule has 1 fully saturated rings. The van der Waals surface area contributed by atoms with Crippen molar-refractivity contribution in [2.24, 2.45) is 0 Å². The quantitative estimate of drug-likeness (QED) is 0.518. The molecule has 2 rings (SSSR count). The lowest BCUT2D eigenvalue weighted by atomic mass is 9.81. The SMILES string of the molecule is CC(C)O[Si](C)(C)C(C)C(=O)OC1CCCCC1c1ccccc1. The minimum atomic E-state index is -2.09. The Morgan fingerprint density at radius 1 is 1.08 bits per heavy atom. The van der Waals surface area contributed by atoms with Gasteiger partial charge in [0.15, 0.2) is 0 Å². The molecule has 1 aliphatic rings. The van der Waals surface area contributed by atoms with Crippen molar-refractivity contribution in [2.45, 2.75) is 83.2 Å². The van der Waals surface area contributed by atoms with Crippen LogP contribution in [-0.2, 0) is 14.0 Å². The minimum Gasteiger partial charge on any atom is -0.462 e. The zero-order chi connectivity index (χ0) is 17.7. The van der Waals surface area contributed by atoms with Gasteiger partial charge in [0, 0.05) is 12.0 Å². The van der Waals surface area contributed by atoms with Crippen LogP contribution in [0.5, 0.6) is 0 Å². The van der Waals surface area contributed by atoms with E-state index < -0.39 is 8.32 Å². The predicted octanol–water partition coefficient (Wildman–Crippen LogP) is 5.28. The lowest BCUT2D eigenvalue weighted by molar-refractivity contribution is -0.151. The number of hydrogen-bond acceptors (Lipinski definition) is 3. The second-order valence-corrected chi connectivity index (χ2v) is 12.1. The molecule has 0 heterocycles. The Labute approximate surface area is 147 Å². The molecule has 4 heteroatoms. The highest BCUT2D eigenvalue weighted by molar-refractivity contribution is 6.75. The van der Waals surface area contributed by atoms with Gasteiger partial charge < -0.3 is 9.16 Å². The fourth-order valence-corrected chi connectivity index (χ4v) is 5.62. The molecule has 134 valence electrons. The average molecular weight is 349 g/mol. The van der Waals surface area contributed by atoms with Gasteiger partial charge in [-0.1, -0.05) is 43.7 Å². The van der Waals surface area contributed by atoms with Crippen molar-refractivity contribution in [3.63, 3.8) is 0 Å². The molecule has 0 aromatic heterocycles. The van der Waals surface area contributed by atoms with Crippen LogP contribution in [0, 0.1) is 0 Å². The van der Waals surface area contributed by atoms with Crippen molar-refractivity contribution < 1.29 is 14.0 Å². The highest BCUT2D eigenvalue weighted by atomic mass is 28.4. The number of esters is 1. The van der Waals surface area contributed by atoms with Crippen molar-refractivity contribution in [3.8, 4) is 0 Å². The number of hydrogen-bond donors (Lipinski definition) is 0. The summed E-state index contributed by atoms with van der Waals surface area (Å²) in [6, 6.07) is 10.5. The van der Waals surface area contributed by atoms with E-state index in [2.05, 4.69) is 37.4 Å². The van der Waals surface area contributed by atoms with E-state index in [1.165, 1.54) is 12.0 Å². The van der Waals surface area contributed by atoms with Crippen molar-refractivity contribution in [1.29, 1.82) is 0 Å². The van der Waals surface area contributed by atoms with Gasteiger partial charge in [0.2, 0.25) is 8.32 Å². The number of ether oxygens (including phenoxy) is 1. The first-order valence-electron chi connectivity index (χ1n) is 9.24. The van der Waals surface area contributed by atoms with Crippen molar-refractivity contribution in [1.82, 2.24) is 0 Å². The first kappa shape index (κ1) is 19.2. The van der Waals surface area contributed by atoms with E-state index >= 15 is 0 Å². The molecule has 0 amide bonds. The normalized spacial score (nSPS) is 23.1. The standard InChI is InChI=1S/C20H32O3Si/c1-15(2)23-24(4,5)16(3)20(21)22-19-14-10-9-13-18(19)17-11-7-6-8-12-17/h6-8,11-12,15-16,18-19H,9-10,13-14H2,1-5H3. The third kappa shape index (κ3) is 4.93. The molecule has 3 nitrogen and oxygen atoms in total. The Bertz CT molecular complexity index is 527. The average Bonchev–Trinajstić information content (AvgIpc) is 2.54. The maximum atomic E-state index is 12.7. The van der Waals surface area contributed by atoms with Gasteiger partial charge in [0.05, 0.1) is 5.54 Å². The van der Waals surface area contributed by atoms with Crippen molar-refractivity contribution in [3.05, 3.63) is 35.9 Å². The molecule has 1 saturated carbocycles. The number of rotatable bonds is 6. The number of carbonyl (C=O) groups excluding carboxylic acids is 1. The zero-order valence-corrected chi connectivity index (χ0v) is 16.7. The Morgan fingerprint density at radius 2 is 1.71 bits per heavy atom. The summed E-state index contributed by atoms with van der Waals surface area (Å²) in [5.41, 5.74) is 1.14. The summed E-state index contributed by atoms with van der Waals surface area (Å²) >= 11 is 0. The van der Waals surface area contributed by atoms with E-state index in [0.717, 1.165) is 19.3 Å². The van der Waals surface area contributed by atoms with Gasteiger partial charge in [0.25, 0.3) is 0 Å². The molecule has 1 aliphatic carbocycles. The van der Waals surface area contributed by atoms with Gasteiger partial charge >= 0.3 is 5.97 Å². The molecule has 0 saturated heterocycles. The predicted molar refractivity (Wildman–Crippen MR) is 101 cm³/mol. The third-order valence-corrected chi connectivity index (χ3v) is 8.53. The number of carbonyl (C=O) groups is 1. The van der Waals surface area contributed by atoms with Crippen molar-refractivity contribution in [2.75, 3.05) is 0 Å². The summed E-state index contributed by atoms with van der Waals surface area (Å²) in [5.74, 6) is 0.243. The van der Waals surface area contributed by atoms with Crippen LogP contribution in [0.4, 0.5) is 0 Å². The molecule has 1 aromatic rings. The van der Waals surface area contributed by atoms with Crippen LogP contribution in [0.1, 0.15) is 57.9 Å². The molecule has 1 aromatic carbocycles. The molecule has 0 radical (unpaired) electrons. The lowest BCUT2D eigenvalue weighted by Gasteiger charge is -2.35. The highest BCUT2D eigenvalue weighted by Gasteiger charge is 2.39. The number of benzene rings is 1. The van der Waals surface area contributed by atoms with Gasteiger partial charge in [-0.3, -0.25) is 4.79 Å². The molecule has 0 spiro atoms. The lowest BCUT2D eigenvalue weighted by Crippen LogP contribution is -2.43. The smallest absolute Gasteiger partial charge is 0.308 e. The summed E-state index contributed by atoms with van der Waals surface area (Å²) < 4.78 is 12.1. The van der Waals surface area contributed by atoms with Crippen LogP contribution in [0.2, 0.25) is 18.6 Å². The van der Waals surface area contributed by atoms with E-state index in [-0.39, 0.29) is 23.7 Å². The Balaban J connectivity index is 2.05. The van der Waals surface area contributed by atoms with Gasteiger partial charge in [-0.2, -0.15) is 0 Å². The molecular formula is C20H32O3Si. The molecule has 3 unspecified atom stereocenters. The maximum Gasteiger partial charge on any atom is 0.308 e. The van der Waals surface area contributed by atoms with Crippen molar-refractivity contribution >= 4 is 14.3 Å². The van der Waals surface area contributed by atoms with Gasteiger partial charge in [-0.15, -0.1) is 0 Å². The monoisotopic (exact) mass is 348 g/mol. The largest absolute Gasteiger partial charge is 0.462 e. The van der Waals surface area contributed by atoms with Crippen LogP contribution in [0.25, 0.3) is 0 Å². The fraction of sp³-hybridized carbons (Fsp3) is 0.650. The topological polar surface area (TPSA) is 35.5 Å². The van der Waals surface area contributed by atoms with E-state index in [4.69, 9.17) is 9.16 Å². The summed E-state index contributed by atoms with van der Waals surface area (Å²) in [7, 11) is -2.09. The van der Waals surface area contributed by atoms with Gasteiger partial charge in [-0.25, -0.2) is 0 Å². The van der Waals surface area contributed by atoms with E-state index in [1.54, 1.807) is 0 Å². The van der Waals surface area contributed by atoms with Crippen LogP contribution in [0.3, 0.4) is 0 Å². The van der Waals surface area contributed by atoms with E-state index in [9.17, 15) is 4.79 Å². The fourth-order valence-electron chi connectivity index (χ4n) is 3.56. The maximum absolute atomic E-state index is 12.7. The summed E-state index contributed by atoms with van der Waals surface area (Å²) in [5, 5.41) is 0. The summed E-state index contributed by atoms with van der Waals surface area (Å²) in [4.78, 5) is 12.7. The molecule has 0 bridgehead atoms. The zero-order valence-electron chi connectivity index (χ0n) is 15.7. The van der Waals surface area contributed by atoms with Crippen LogP contribution in [-0.4, -0.2) is 26.5 Å². The summed E-state index contributed by atoms with van der Waals surface area (Å²) in [6.07, 6.45) is 4.55. The van der Waals surface area contributed by atoms with Crippen LogP contribution in [0.15, 0.2) is 30.3 Å². The molecule has 0 aliphatic heterocycles. The molecule has 0 N–H and O–H groups in total. The van der Waals surface area contributed by atoms with Crippen LogP contribution < -0.4 is 0 Å². The first-order valence-corrected chi connectivity index (χ1v) is 12.2.